The Labute approximate surface area is 250 Å². The molecule has 0 aromatic heterocycles. The molecule has 1 fully saturated rings. The normalized spacial score (nSPS) is 16.8. The zero-order valence-electron chi connectivity index (χ0n) is 23.6. The molecule has 42 heavy (non-hydrogen) atoms. The predicted molar refractivity (Wildman–Crippen MR) is 157 cm³/mol. The second kappa shape index (κ2) is 15.6. The van der Waals surface area contributed by atoms with Gasteiger partial charge >= 0.3 is 12.1 Å². The molecule has 11 heteroatoms. The van der Waals surface area contributed by atoms with Crippen molar-refractivity contribution in [2.75, 3.05) is 18.1 Å². The lowest BCUT2D eigenvalue weighted by Crippen LogP contribution is -2.52. The van der Waals surface area contributed by atoms with E-state index in [1.165, 1.54) is 0 Å². The summed E-state index contributed by atoms with van der Waals surface area (Å²) >= 11 is 6.00. The molecule has 0 radical (unpaired) electrons. The van der Waals surface area contributed by atoms with Gasteiger partial charge < -0.3 is 30.1 Å². The summed E-state index contributed by atoms with van der Waals surface area (Å²) < 4.78 is 10.9. The summed E-state index contributed by atoms with van der Waals surface area (Å²) in [4.78, 5) is 52.9. The largest absolute Gasteiger partial charge is 0.480 e. The summed E-state index contributed by atoms with van der Waals surface area (Å²) in [5.74, 6) is -1.91. The van der Waals surface area contributed by atoms with Crippen molar-refractivity contribution in [3.8, 4) is 0 Å². The van der Waals surface area contributed by atoms with Crippen LogP contribution in [-0.2, 0) is 37.1 Å². The zero-order chi connectivity index (χ0) is 29.9. The minimum absolute atomic E-state index is 0.0330. The van der Waals surface area contributed by atoms with Crippen LogP contribution in [0.3, 0.4) is 0 Å². The highest BCUT2D eigenvalue weighted by molar-refractivity contribution is 6.30. The number of hydrogen-bond donors (Lipinski definition) is 3. The number of ether oxygens (including phenoxy) is 2. The van der Waals surface area contributed by atoms with Crippen molar-refractivity contribution in [1.82, 2.24) is 10.6 Å². The van der Waals surface area contributed by atoms with Gasteiger partial charge in [-0.15, -0.1) is 0 Å². The Balaban J connectivity index is 1.37. The summed E-state index contributed by atoms with van der Waals surface area (Å²) in [5, 5.41) is 15.6. The Hall–Kier alpha value is -3.63. The Morgan fingerprint density at radius 3 is 2.57 bits per heavy atom. The molecule has 0 unspecified atom stereocenters. The number of halogens is 1. The van der Waals surface area contributed by atoms with E-state index in [-0.39, 0.29) is 31.3 Å². The smallest absolute Gasteiger partial charge is 0.408 e. The first-order valence-corrected chi connectivity index (χ1v) is 14.8. The molecule has 4 rings (SSSR count). The van der Waals surface area contributed by atoms with E-state index in [1.54, 1.807) is 29.2 Å². The van der Waals surface area contributed by atoms with Gasteiger partial charge in [0.25, 0.3) is 0 Å². The maximum absolute atomic E-state index is 13.4. The average molecular weight is 600 g/mol. The number of alkyl carbamates (subject to hydrolysis) is 1. The number of aliphatic carboxylic acids is 1. The third kappa shape index (κ3) is 9.19. The number of anilines is 1. The number of benzene rings is 2. The summed E-state index contributed by atoms with van der Waals surface area (Å²) in [7, 11) is 0. The molecule has 1 aliphatic carbocycles. The molecule has 0 saturated heterocycles. The number of carboxylic acids is 1. The Morgan fingerprint density at radius 1 is 1.02 bits per heavy atom. The number of nitrogens with one attached hydrogen (secondary N) is 2. The van der Waals surface area contributed by atoms with Gasteiger partial charge in [-0.3, -0.25) is 9.59 Å². The highest BCUT2D eigenvalue weighted by Crippen LogP contribution is 2.28. The van der Waals surface area contributed by atoms with Crippen LogP contribution in [0.5, 0.6) is 0 Å². The molecule has 1 aliphatic heterocycles. The van der Waals surface area contributed by atoms with Crippen LogP contribution in [0.1, 0.15) is 62.5 Å². The molecule has 3 amide bonds. The highest BCUT2D eigenvalue weighted by Gasteiger charge is 2.31. The summed E-state index contributed by atoms with van der Waals surface area (Å²) in [6.07, 6.45) is 4.48. The second-order valence-corrected chi connectivity index (χ2v) is 11.2. The second-order valence-electron chi connectivity index (χ2n) is 10.8. The Kier molecular flexibility index (Phi) is 11.6. The number of fused-ring (bicyclic) bond motifs is 1. The van der Waals surface area contributed by atoms with Gasteiger partial charge in [0.05, 0.1) is 13.2 Å². The van der Waals surface area contributed by atoms with Crippen molar-refractivity contribution >= 4 is 41.2 Å². The molecule has 0 spiro atoms. The lowest BCUT2D eigenvalue weighted by molar-refractivity contribution is -0.142. The summed E-state index contributed by atoms with van der Waals surface area (Å²) in [6.45, 7) is 1.07. The predicted octanol–water partition coefficient (Wildman–Crippen LogP) is 4.82. The van der Waals surface area contributed by atoms with Gasteiger partial charge in [-0.2, -0.15) is 0 Å². The van der Waals surface area contributed by atoms with E-state index in [4.69, 9.17) is 21.1 Å². The van der Waals surface area contributed by atoms with Crippen molar-refractivity contribution in [1.29, 1.82) is 0 Å². The van der Waals surface area contributed by atoms with E-state index in [1.807, 2.05) is 24.3 Å². The van der Waals surface area contributed by atoms with Crippen LogP contribution in [0.25, 0.3) is 0 Å². The van der Waals surface area contributed by atoms with Crippen LogP contribution in [0.4, 0.5) is 10.5 Å². The third-order valence-corrected chi connectivity index (χ3v) is 7.96. The summed E-state index contributed by atoms with van der Waals surface area (Å²) in [5.41, 5.74) is 2.31. The molecule has 2 atom stereocenters. The molecule has 2 aromatic rings. The van der Waals surface area contributed by atoms with E-state index in [9.17, 15) is 24.3 Å². The van der Waals surface area contributed by atoms with E-state index in [0.29, 0.717) is 36.8 Å². The summed E-state index contributed by atoms with van der Waals surface area (Å²) in [6, 6.07) is 12.0. The molecular formula is C31H38ClN3O7. The van der Waals surface area contributed by atoms with Crippen molar-refractivity contribution in [3.63, 3.8) is 0 Å². The number of para-hydroxylation sites is 1. The van der Waals surface area contributed by atoms with Crippen LogP contribution in [0.2, 0.25) is 5.02 Å². The van der Waals surface area contributed by atoms with E-state index >= 15 is 0 Å². The number of carbonyl (C=O) groups excluding carboxylic acids is 3. The van der Waals surface area contributed by atoms with Crippen LogP contribution in [0, 0.1) is 5.92 Å². The Morgan fingerprint density at radius 2 is 1.81 bits per heavy atom. The number of amides is 3. The number of rotatable bonds is 11. The maximum Gasteiger partial charge on any atom is 0.408 e. The SMILES string of the molecule is O=C(N[C@@H](CC1CCCCC1)C(=O)N[C@@H](CCC(=O)N1CCOCc2ccccc21)C(=O)O)OCc1cccc(Cl)c1. The van der Waals surface area contributed by atoms with Gasteiger partial charge in [-0.1, -0.05) is 74.0 Å². The van der Waals surface area contributed by atoms with Crippen LogP contribution >= 0.6 is 11.6 Å². The van der Waals surface area contributed by atoms with E-state index < -0.39 is 30.1 Å². The molecular weight excluding hydrogens is 562 g/mol. The zero-order valence-corrected chi connectivity index (χ0v) is 24.3. The van der Waals surface area contributed by atoms with Gasteiger partial charge in [0.1, 0.15) is 18.7 Å². The molecule has 0 bridgehead atoms. The number of hydrogen-bond acceptors (Lipinski definition) is 6. The average Bonchev–Trinajstić information content (AvgIpc) is 3.21. The standard InChI is InChI=1S/C31H38ClN3O7/c32-24-11-6-9-22(17-24)19-42-31(40)34-26(18-21-7-2-1-3-8-21)29(37)33-25(30(38)39)13-14-28(36)35-15-16-41-20-23-10-4-5-12-27(23)35/h4-6,9-12,17,21,25-26H,1-3,7-8,13-16,18-20H2,(H,33,37)(H,34,40)(H,38,39)/t25-,26-/m0/s1. The van der Waals surface area contributed by atoms with Crippen molar-refractivity contribution in [2.45, 2.75) is 76.7 Å². The first-order chi connectivity index (χ1) is 20.3. The number of carbonyl (C=O) groups is 4. The molecule has 1 heterocycles. The monoisotopic (exact) mass is 599 g/mol. The number of carboxylic acid groups (broad SMARTS) is 1. The minimum Gasteiger partial charge on any atom is -0.480 e. The topological polar surface area (TPSA) is 134 Å². The third-order valence-electron chi connectivity index (χ3n) is 7.72. The lowest BCUT2D eigenvalue weighted by atomic mass is 9.84. The van der Waals surface area contributed by atoms with Crippen molar-refractivity contribution in [3.05, 3.63) is 64.7 Å². The van der Waals surface area contributed by atoms with Gasteiger partial charge in [-0.25, -0.2) is 9.59 Å². The number of nitrogens with zero attached hydrogens (tertiary/aromatic N) is 1. The van der Waals surface area contributed by atoms with Crippen molar-refractivity contribution in [2.24, 2.45) is 5.92 Å². The van der Waals surface area contributed by atoms with Crippen LogP contribution in [-0.4, -0.2) is 54.2 Å². The van der Waals surface area contributed by atoms with E-state index in [2.05, 4.69) is 10.6 Å². The first-order valence-electron chi connectivity index (χ1n) is 14.5. The van der Waals surface area contributed by atoms with Gasteiger partial charge in [0, 0.05) is 29.2 Å². The molecule has 3 N–H and O–H groups in total. The van der Waals surface area contributed by atoms with Crippen LogP contribution < -0.4 is 15.5 Å². The molecule has 1 saturated carbocycles. The van der Waals surface area contributed by atoms with Gasteiger partial charge in [0.15, 0.2) is 0 Å². The fourth-order valence-electron chi connectivity index (χ4n) is 5.49. The van der Waals surface area contributed by atoms with Gasteiger partial charge in [0.2, 0.25) is 11.8 Å². The van der Waals surface area contributed by atoms with Gasteiger partial charge in [-0.05, 0) is 42.5 Å². The van der Waals surface area contributed by atoms with Crippen molar-refractivity contribution < 1.29 is 33.8 Å². The Bertz CT molecular complexity index is 1250. The molecule has 226 valence electrons. The lowest BCUT2D eigenvalue weighted by Gasteiger charge is -2.27. The minimum atomic E-state index is -1.31. The first kappa shape index (κ1) is 31.3. The van der Waals surface area contributed by atoms with E-state index in [0.717, 1.165) is 43.4 Å². The fourth-order valence-corrected chi connectivity index (χ4v) is 5.71. The quantitative estimate of drug-likeness (QED) is 0.337. The molecule has 2 aromatic carbocycles. The molecule has 10 nitrogen and oxygen atoms in total. The fraction of sp³-hybridized carbons (Fsp3) is 0.484. The maximum atomic E-state index is 13.4. The molecule has 2 aliphatic rings. The highest BCUT2D eigenvalue weighted by atomic mass is 35.5. The van der Waals surface area contributed by atoms with Crippen LogP contribution in [0.15, 0.2) is 48.5 Å².